The first kappa shape index (κ1) is 14.7. The Morgan fingerprint density at radius 3 is 3.00 bits per heavy atom. The van der Waals surface area contributed by atoms with Crippen molar-refractivity contribution in [2.45, 2.75) is 12.8 Å². The van der Waals surface area contributed by atoms with Gasteiger partial charge in [0.25, 0.3) is 5.91 Å². The number of carbonyl (C=O) groups is 1. The maximum Gasteiger partial charge on any atom is 0.257 e. The quantitative estimate of drug-likeness (QED) is 0.914. The van der Waals surface area contributed by atoms with Crippen molar-refractivity contribution in [3.63, 3.8) is 0 Å². The lowest BCUT2D eigenvalue weighted by Crippen LogP contribution is -2.35. The van der Waals surface area contributed by atoms with Crippen molar-refractivity contribution in [2.24, 2.45) is 5.92 Å². The van der Waals surface area contributed by atoms with Gasteiger partial charge in [0.1, 0.15) is 11.5 Å². The zero-order valence-electron chi connectivity index (χ0n) is 12.0. The van der Waals surface area contributed by atoms with Gasteiger partial charge in [-0.05, 0) is 37.0 Å². The summed E-state index contributed by atoms with van der Waals surface area (Å²) in [6.45, 7) is 2.14. The number of hydrogen-bond donors (Lipinski definition) is 1. The maximum absolute atomic E-state index is 12.4. The summed E-state index contributed by atoms with van der Waals surface area (Å²) in [6.07, 6.45) is 2.11. The SMILES string of the molecule is COc1ccc(O)c(C(=O)N(C)CC2CCCOC2)c1. The summed E-state index contributed by atoms with van der Waals surface area (Å²) >= 11 is 0. The Kier molecular flexibility index (Phi) is 4.84. The first-order valence-corrected chi connectivity index (χ1v) is 6.82. The van der Waals surface area contributed by atoms with E-state index >= 15 is 0 Å². The fraction of sp³-hybridized carbons (Fsp3) is 0.533. The van der Waals surface area contributed by atoms with Gasteiger partial charge < -0.3 is 19.5 Å². The normalized spacial score (nSPS) is 18.6. The first-order chi connectivity index (χ1) is 9.61. The minimum absolute atomic E-state index is 0.0254. The molecule has 2 rings (SSSR count). The average Bonchev–Trinajstić information content (AvgIpc) is 2.48. The predicted octanol–water partition coefficient (Wildman–Crippen LogP) is 1.90. The molecule has 0 aliphatic carbocycles. The molecule has 0 aromatic heterocycles. The molecule has 5 nitrogen and oxygen atoms in total. The van der Waals surface area contributed by atoms with Crippen molar-refractivity contribution >= 4 is 5.91 Å². The second kappa shape index (κ2) is 6.61. The molecule has 0 saturated carbocycles. The first-order valence-electron chi connectivity index (χ1n) is 6.82. The summed E-state index contributed by atoms with van der Waals surface area (Å²) in [5.74, 6) is 0.695. The zero-order valence-corrected chi connectivity index (χ0v) is 12.0. The van der Waals surface area contributed by atoms with Crippen LogP contribution in [0.25, 0.3) is 0 Å². The van der Waals surface area contributed by atoms with Crippen LogP contribution in [0.1, 0.15) is 23.2 Å². The highest BCUT2D eigenvalue weighted by molar-refractivity contribution is 5.97. The Balaban J connectivity index is 2.05. The van der Waals surface area contributed by atoms with Crippen LogP contribution in [0.2, 0.25) is 0 Å². The van der Waals surface area contributed by atoms with E-state index in [1.54, 1.807) is 24.1 Å². The molecule has 110 valence electrons. The van der Waals surface area contributed by atoms with E-state index in [4.69, 9.17) is 9.47 Å². The van der Waals surface area contributed by atoms with Gasteiger partial charge >= 0.3 is 0 Å². The molecule has 1 unspecified atom stereocenters. The molecular weight excluding hydrogens is 258 g/mol. The van der Waals surface area contributed by atoms with E-state index in [9.17, 15) is 9.90 Å². The highest BCUT2D eigenvalue weighted by Crippen LogP contribution is 2.24. The van der Waals surface area contributed by atoms with Crippen molar-refractivity contribution < 1.29 is 19.4 Å². The van der Waals surface area contributed by atoms with Gasteiger partial charge in [-0.25, -0.2) is 0 Å². The molecule has 1 saturated heterocycles. The Morgan fingerprint density at radius 1 is 1.55 bits per heavy atom. The molecule has 5 heteroatoms. The van der Waals surface area contributed by atoms with Crippen LogP contribution in [0.4, 0.5) is 0 Å². The van der Waals surface area contributed by atoms with Crippen LogP contribution in [0.3, 0.4) is 0 Å². The second-order valence-corrected chi connectivity index (χ2v) is 5.15. The fourth-order valence-corrected chi connectivity index (χ4v) is 2.44. The van der Waals surface area contributed by atoms with Gasteiger partial charge in [0.15, 0.2) is 0 Å². The second-order valence-electron chi connectivity index (χ2n) is 5.15. The van der Waals surface area contributed by atoms with Crippen molar-refractivity contribution in [2.75, 3.05) is 33.9 Å². The lowest BCUT2D eigenvalue weighted by molar-refractivity contribution is 0.0387. The molecule has 1 fully saturated rings. The number of ether oxygens (including phenoxy) is 2. The van der Waals surface area contributed by atoms with Gasteiger partial charge in [0, 0.05) is 20.2 Å². The molecule has 1 aromatic carbocycles. The van der Waals surface area contributed by atoms with Crippen LogP contribution in [-0.2, 0) is 4.74 Å². The van der Waals surface area contributed by atoms with E-state index in [1.165, 1.54) is 13.2 Å². The van der Waals surface area contributed by atoms with Crippen LogP contribution in [0.5, 0.6) is 11.5 Å². The van der Waals surface area contributed by atoms with Gasteiger partial charge in [-0.15, -0.1) is 0 Å². The topological polar surface area (TPSA) is 59.0 Å². The molecule has 0 spiro atoms. The summed E-state index contributed by atoms with van der Waals surface area (Å²) in [5.41, 5.74) is 0.267. The van der Waals surface area contributed by atoms with Gasteiger partial charge in [0.05, 0.1) is 19.3 Å². The Morgan fingerprint density at radius 2 is 2.35 bits per heavy atom. The Labute approximate surface area is 119 Å². The average molecular weight is 279 g/mol. The highest BCUT2D eigenvalue weighted by Gasteiger charge is 2.21. The van der Waals surface area contributed by atoms with E-state index in [0.717, 1.165) is 19.4 Å². The van der Waals surface area contributed by atoms with Gasteiger partial charge in [-0.2, -0.15) is 0 Å². The summed E-state index contributed by atoms with van der Waals surface area (Å²) < 4.78 is 10.5. The number of aromatic hydroxyl groups is 1. The van der Waals surface area contributed by atoms with E-state index in [0.29, 0.717) is 24.8 Å². The van der Waals surface area contributed by atoms with Crippen LogP contribution >= 0.6 is 0 Å². The van der Waals surface area contributed by atoms with E-state index in [-0.39, 0.29) is 17.2 Å². The molecule has 1 aromatic rings. The number of phenolic OH excluding ortho intramolecular Hbond substituents is 1. The van der Waals surface area contributed by atoms with Crippen LogP contribution in [-0.4, -0.2) is 49.8 Å². The van der Waals surface area contributed by atoms with Crippen LogP contribution in [0.15, 0.2) is 18.2 Å². The smallest absolute Gasteiger partial charge is 0.257 e. The lowest BCUT2D eigenvalue weighted by atomic mass is 10.0. The largest absolute Gasteiger partial charge is 0.507 e. The van der Waals surface area contributed by atoms with E-state index < -0.39 is 0 Å². The number of amides is 1. The van der Waals surface area contributed by atoms with Gasteiger partial charge in [0.2, 0.25) is 0 Å². The van der Waals surface area contributed by atoms with Crippen molar-refractivity contribution in [3.8, 4) is 11.5 Å². The van der Waals surface area contributed by atoms with Crippen LogP contribution < -0.4 is 4.74 Å². The number of rotatable bonds is 4. The van der Waals surface area contributed by atoms with Gasteiger partial charge in [-0.3, -0.25) is 4.79 Å². The van der Waals surface area contributed by atoms with Crippen LogP contribution in [0, 0.1) is 5.92 Å². The number of carbonyl (C=O) groups excluding carboxylic acids is 1. The van der Waals surface area contributed by atoms with E-state index in [2.05, 4.69) is 0 Å². The number of benzene rings is 1. The van der Waals surface area contributed by atoms with Crippen molar-refractivity contribution in [1.29, 1.82) is 0 Å². The van der Waals surface area contributed by atoms with E-state index in [1.807, 2.05) is 0 Å². The third-order valence-electron chi connectivity index (χ3n) is 3.57. The summed E-state index contributed by atoms with van der Waals surface area (Å²) in [6, 6.07) is 4.66. The Bertz CT molecular complexity index is 469. The number of phenols is 1. The molecule has 1 amide bonds. The number of hydrogen-bond acceptors (Lipinski definition) is 4. The predicted molar refractivity (Wildman–Crippen MR) is 75.2 cm³/mol. The Hall–Kier alpha value is -1.75. The molecule has 0 radical (unpaired) electrons. The summed E-state index contributed by atoms with van der Waals surface area (Å²) in [7, 11) is 3.28. The fourth-order valence-electron chi connectivity index (χ4n) is 2.44. The molecule has 1 aliphatic heterocycles. The summed E-state index contributed by atoms with van der Waals surface area (Å²) in [5, 5.41) is 9.83. The standard InChI is InChI=1S/C15H21NO4/c1-16(9-11-4-3-7-20-10-11)15(18)13-8-12(19-2)5-6-14(13)17/h5-6,8,11,17H,3-4,7,9-10H2,1-2H3. The molecule has 1 N–H and O–H groups in total. The summed E-state index contributed by atoms with van der Waals surface area (Å²) in [4.78, 5) is 14.0. The lowest BCUT2D eigenvalue weighted by Gasteiger charge is -2.27. The third-order valence-corrected chi connectivity index (χ3v) is 3.57. The van der Waals surface area contributed by atoms with Gasteiger partial charge in [-0.1, -0.05) is 0 Å². The molecule has 1 aliphatic rings. The molecular formula is C15H21NO4. The van der Waals surface area contributed by atoms with Crippen molar-refractivity contribution in [3.05, 3.63) is 23.8 Å². The molecule has 0 bridgehead atoms. The maximum atomic E-state index is 12.4. The molecule has 1 heterocycles. The molecule has 20 heavy (non-hydrogen) atoms. The minimum Gasteiger partial charge on any atom is -0.507 e. The highest BCUT2D eigenvalue weighted by atomic mass is 16.5. The number of nitrogens with zero attached hydrogens (tertiary/aromatic N) is 1. The third kappa shape index (κ3) is 3.42. The molecule has 1 atom stereocenters. The number of methoxy groups -OCH3 is 1. The monoisotopic (exact) mass is 279 g/mol. The zero-order chi connectivity index (χ0) is 14.5. The minimum atomic E-state index is -0.202. The van der Waals surface area contributed by atoms with Crippen molar-refractivity contribution in [1.82, 2.24) is 4.90 Å².